The SMILES string of the molecule is CC(C)[C@]1(CO)CCC(=O)NC1. The van der Waals surface area contributed by atoms with Crippen LogP contribution in [0.3, 0.4) is 0 Å². The van der Waals surface area contributed by atoms with Crippen molar-refractivity contribution in [2.45, 2.75) is 26.7 Å². The highest BCUT2D eigenvalue weighted by molar-refractivity contribution is 5.76. The lowest BCUT2D eigenvalue weighted by atomic mass is 9.72. The Balaban J connectivity index is 2.63. The number of rotatable bonds is 2. The average molecular weight is 171 g/mol. The molecule has 3 nitrogen and oxygen atoms in total. The van der Waals surface area contributed by atoms with E-state index in [1.54, 1.807) is 0 Å². The van der Waals surface area contributed by atoms with Crippen molar-refractivity contribution in [3.05, 3.63) is 0 Å². The molecule has 70 valence electrons. The standard InChI is InChI=1S/C9H17NO2/c1-7(2)9(6-11)4-3-8(12)10-5-9/h7,11H,3-6H2,1-2H3,(H,10,12)/t9-/m1/s1. The maximum absolute atomic E-state index is 10.9. The number of aliphatic hydroxyl groups is 1. The van der Waals surface area contributed by atoms with Gasteiger partial charge in [-0.2, -0.15) is 0 Å². The first kappa shape index (κ1) is 9.52. The van der Waals surface area contributed by atoms with Gasteiger partial charge >= 0.3 is 0 Å². The largest absolute Gasteiger partial charge is 0.396 e. The number of amides is 1. The number of aliphatic hydroxyl groups excluding tert-OH is 1. The minimum Gasteiger partial charge on any atom is -0.396 e. The van der Waals surface area contributed by atoms with Crippen LogP contribution in [0.2, 0.25) is 0 Å². The molecule has 1 fully saturated rings. The van der Waals surface area contributed by atoms with Crippen LogP contribution in [-0.4, -0.2) is 24.2 Å². The third-order valence-corrected chi connectivity index (χ3v) is 3.03. The highest BCUT2D eigenvalue weighted by Gasteiger charge is 2.36. The summed E-state index contributed by atoms with van der Waals surface area (Å²) in [6.07, 6.45) is 1.37. The Morgan fingerprint density at radius 1 is 1.67 bits per heavy atom. The molecule has 0 radical (unpaired) electrons. The van der Waals surface area contributed by atoms with Gasteiger partial charge in [0.1, 0.15) is 0 Å². The number of piperidine rings is 1. The summed E-state index contributed by atoms with van der Waals surface area (Å²) in [5.74, 6) is 0.530. The second-order valence-electron chi connectivity index (χ2n) is 3.95. The zero-order valence-corrected chi connectivity index (χ0v) is 7.76. The minimum atomic E-state index is -0.0755. The summed E-state index contributed by atoms with van der Waals surface area (Å²) in [6, 6.07) is 0. The van der Waals surface area contributed by atoms with Gasteiger partial charge in [0.05, 0.1) is 6.61 Å². The van der Waals surface area contributed by atoms with Gasteiger partial charge in [0.25, 0.3) is 0 Å². The molecule has 1 atom stereocenters. The van der Waals surface area contributed by atoms with Gasteiger partial charge < -0.3 is 10.4 Å². The molecule has 1 aliphatic rings. The van der Waals surface area contributed by atoms with Gasteiger partial charge in [-0.15, -0.1) is 0 Å². The van der Waals surface area contributed by atoms with Crippen LogP contribution in [0.1, 0.15) is 26.7 Å². The van der Waals surface area contributed by atoms with Crippen LogP contribution in [0.25, 0.3) is 0 Å². The fourth-order valence-electron chi connectivity index (χ4n) is 1.62. The number of carbonyl (C=O) groups excluding carboxylic acids is 1. The second-order valence-corrected chi connectivity index (χ2v) is 3.95. The van der Waals surface area contributed by atoms with E-state index in [9.17, 15) is 9.90 Å². The lowest BCUT2D eigenvalue weighted by molar-refractivity contribution is -0.125. The number of carbonyl (C=O) groups is 1. The molecule has 0 spiro atoms. The molecule has 12 heavy (non-hydrogen) atoms. The van der Waals surface area contributed by atoms with Crippen LogP contribution in [0.5, 0.6) is 0 Å². The summed E-state index contributed by atoms with van der Waals surface area (Å²) in [5.41, 5.74) is -0.0755. The first-order valence-corrected chi connectivity index (χ1v) is 4.48. The van der Waals surface area contributed by atoms with Crippen molar-refractivity contribution in [2.24, 2.45) is 11.3 Å². The molecule has 0 bridgehead atoms. The van der Waals surface area contributed by atoms with Gasteiger partial charge in [-0.05, 0) is 12.3 Å². The van der Waals surface area contributed by atoms with Crippen LogP contribution in [0.15, 0.2) is 0 Å². The van der Waals surface area contributed by atoms with Crippen LogP contribution in [-0.2, 0) is 4.79 Å². The van der Waals surface area contributed by atoms with Crippen LogP contribution in [0, 0.1) is 11.3 Å². The van der Waals surface area contributed by atoms with Crippen molar-refractivity contribution in [1.29, 1.82) is 0 Å². The van der Waals surface area contributed by atoms with E-state index in [0.717, 1.165) is 6.42 Å². The van der Waals surface area contributed by atoms with Gasteiger partial charge in [0, 0.05) is 18.4 Å². The molecule has 3 heteroatoms. The Bertz CT molecular complexity index is 167. The van der Waals surface area contributed by atoms with Gasteiger partial charge in [0.2, 0.25) is 5.91 Å². The van der Waals surface area contributed by atoms with Gasteiger partial charge in [-0.25, -0.2) is 0 Å². The molecule has 0 aromatic rings. The molecule has 2 N–H and O–H groups in total. The smallest absolute Gasteiger partial charge is 0.220 e. The maximum atomic E-state index is 10.9. The molecule has 0 aromatic carbocycles. The minimum absolute atomic E-state index is 0.0755. The van der Waals surface area contributed by atoms with Gasteiger partial charge in [0.15, 0.2) is 0 Å². The van der Waals surface area contributed by atoms with Gasteiger partial charge in [-0.3, -0.25) is 4.79 Å². The molecule has 1 heterocycles. The normalized spacial score (nSPS) is 30.5. The first-order chi connectivity index (χ1) is 5.60. The molecular weight excluding hydrogens is 154 g/mol. The van der Waals surface area contributed by atoms with Crippen molar-refractivity contribution in [2.75, 3.05) is 13.2 Å². The summed E-state index contributed by atoms with van der Waals surface area (Å²) >= 11 is 0. The summed E-state index contributed by atoms with van der Waals surface area (Å²) in [4.78, 5) is 10.9. The molecule has 1 saturated heterocycles. The monoisotopic (exact) mass is 171 g/mol. The van der Waals surface area contributed by atoms with Crippen molar-refractivity contribution < 1.29 is 9.90 Å². The summed E-state index contributed by atoms with van der Waals surface area (Å²) < 4.78 is 0. The van der Waals surface area contributed by atoms with E-state index >= 15 is 0 Å². The fraction of sp³-hybridized carbons (Fsp3) is 0.889. The highest BCUT2D eigenvalue weighted by atomic mass is 16.3. The van der Waals surface area contributed by atoms with E-state index in [2.05, 4.69) is 19.2 Å². The van der Waals surface area contributed by atoms with Crippen LogP contribution < -0.4 is 5.32 Å². The predicted octanol–water partition coefficient (Wildman–Crippen LogP) is 0.531. The summed E-state index contributed by atoms with van der Waals surface area (Å²) in [7, 11) is 0. The molecule has 0 saturated carbocycles. The van der Waals surface area contributed by atoms with Crippen molar-refractivity contribution in [3.63, 3.8) is 0 Å². The lowest BCUT2D eigenvalue weighted by Crippen LogP contribution is -2.48. The van der Waals surface area contributed by atoms with E-state index < -0.39 is 0 Å². The average Bonchev–Trinajstić information content (AvgIpc) is 2.06. The van der Waals surface area contributed by atoms with E-state index in [4.69, 9.17) is 0 Å². The topological polar surface area (TPSA) is 49.3 Å². The van der Waals surface area contributed by atoms with E-state index in [1.165, 1.54) is 0 Å². The zero-order chi connectivity index (χ0) is 9.19. The predicted molar refractivity (Wildman–Crippen MR) is 46.6 cm³/mol. The Morgan fingerprint density at radius 3 is 2.67 bits per heavy atom. The van der Waals surface area contributed by atoms with E-state index in [1.807, 2.05) is 0 Å². The number of hydrogen-bond donors (Lipinski definition) is 2. The molecule has 1 rings (SSSR count). The Hall–Kier alpha value is -0.570. The van der Waals surface area contributed by atoms with Crippen LogP contribution >= 0.6 is 0 Å². The number of hydrogen-bond acceptors (Lipinski definition) is 2. The number of nitrogens with one attached hydrogen (secondary N) is 1. The molecule has 0 unspecified atom stereocenters. The highest BCUT2D eigenvalue weighted by Crippen LogP contribution is 2.33. The molecule has 1 amide bonds. The van der Waals surface area contributed by atoms with E-state index in [-0.39, 0.29) is 17.9 Å². The Kier molecular flexibility index (Phi) is 2.73. The first-order valence-electron chi connectivity index (χ1n) is 4.48. The quantitative estimate of drug-likeness (QED) is 0.636. The Labute approximate surface area is 73.2 Å². The third kappa shape index (κ3) is 1.61. The maximum Gasteiger partial charge on any atom is 0.220 e. The van der Waals surface area contributed by atoms with Crippen molar-refractivity contribution in [1.82, 2.24) is 5.32 Å². The zero-order valence-electron chi connectivity index (χ0n) is 7.76. The Morgan fingerprint density at radius 2 is 2.33 bits per heavy atom. The molecule has 0 aromatic heterocycles. The van der Waals surface area contributed by atoms with Gasteiger partial charge in [-0.1, -0.05) is 13.8 Å². The molecule has 0 aliphatic carbocycles. The molecule has 1 aliphatic heterocycles. The van der Waals surface area contributed by atoms with Crippen LogP contribution in [0.4, 0.5) is 0 Å². The summed E-state index contributed by atoms with van der Waals surface area (Å²) in [5, 5.41) is 12.1. The van der Waals surface area contributed by atoms with E-state index in [0.29, 0.717) is 18.9 Å². The lowest BCUT2D eigenvalue weighted by Gasteiger charge is -2.39. The second kappa shape index (κ2) is 3.44. The van der Waals surface area contributed by atoms with Crippen molar-refractivity contribution in [3.8, 4) is 0 Å². The fourth-order valence-corrected chi connectivity index (χ4v) is 1.62. The summed E-state index contributed by atoms with van der Waals surface area (Å²) in [6.45, 7) is 4.98. The van der Waals surface area contributed by atoms with Crippen molar-refractivity contribution >= 4 is 5.91 Å². The molecular formula is C9H17NO2. The third-order valence-electron chi connectivity index (χ3n) is 3.03.